The molecule has 0 radical (unpaired) electrons. The van der Waals surface area contributed by atoms with Crippen LogP contribution in [0.2, 0.25) is 0 Å². The Hall–Kier alpha value is -3.56. The van der Waals surface area contributed by atoms with Gasteiger partial charge in [-0.3, -0.25) is 0 Å². The van der Waals surface area contributed by atoms with Gasteiger partial charge in [-0.2, -0.15) is 0 Å². The fraction of sp³-hybridized carbons (Fsp3) is 0.250. The molecule has 1 fully saturated rings. The number of piperazine rings is 1. The van der Waals surface area contributed by atoms with Gasteiger partial charge in [0, 0.05) is 38.1 Å². The summed E-state index contributed by atoms with van der Waals surface area (Å²) in [5.41, 5.74) is 3.91. The highest BCUT2D eigenvalue weighted by Gasteiger charge is 2.15. The standard InChI is InChI=1S/C24H26N8S/c1-17-22(33-24(27-17)28-18-6-4-3-5-7-18)20-10-11-25-23(29-20)30-21-9-8-19(16-26-21)32-14-12-31(2)13-15-32/h3-11,16H,12-15H2,1-2H3,(H,27,28)(H,25,26,29,30). The third-order valence-electron chi connectivity index (χ3n) is 5.57. The van der Waals surface area contributed by atoms with Crippen molar-refractivity contribution in [1.29, 1.82) is 0 Å². The molecule has 0 unspecified atom stereocenters. The van der Waals surface area contributed by atoms with Gasteiger partial charge in [0.05, 0.1) is 28.1 Å². The maximum Gasteiger partial charge on any atom is 0.228 e. The summed E-state index contributed by atoms with van der Waals surface area (Å²) in [6.07, 6.45) is 3.67. The highest BCUT2D eigenvalue weighted by molar-refractivity contribution is 7.19. The molecule has 0 atom stereocenters. The van der Waals surface area contributed by atoms with Crippen molar-refractivity contribution in [3.05, 3.63) is 66.6 Å². The van der Waals surface area contributed by atoms with E-state index in [-0.39, 0.29) is 0 Å². The molecule has 0 bridgehead atoms. The van der Waals surface area contributed by atoms with Gasteiger partial charge in [-0.15, -0.1) is 0 Å². The number of hydrogen-bond donors (Lipinski definition) is 2. The van der Waals surface area contributed by atoms with Crippen LogP contribution >= 0.6 is 11.3 Å². The maximum absolute atomic E-state index is 4.70. The van der Waals surface area contributed by atoms with E-state index in [9.17, 15) is 0 Å². The molecular weight excluding hydrogens is 432 g/mol. The van der Waals surface area contributed by atoms with E-state index in [1.54, 1.807) is 17.5 Å². The molecule has 0 aliphatic carbocycles. The Morgan fingerprint density at radius 2 is 1.70 bits per heavy atom. The van der Waals surface area contributed by atoms with Gasteiger partial charge in [-0.1, -0.05) is 29.5 Å². The van der Waals surface area contributed by atoms with E-state index in [4.69, 9.17) is 4.98 Å². The fourth-order valence-electron chi connectivity index (χ4n) is 3.70. The zero-order valence-corrected chi connectivity index (χ0v) is 19.5. The Morgan fingerprint density at radius 1 is 0.879 bits per heavy atom. The Labute approximate surface area is 197 Å². The lowest BCUT2D eigenvalue weighted by Crippen LogP contribution is -2.44. The third kappa shape index (κ3) is 5.10. The van der Waals surface area contributed by atoms with E-state index in [2.05, 4.69) is 48.5 Å². The number of thiazole rings is 1. The summed E-state index contributed by atoms with van der Waals surface area (Å²) in [6.45, 7) is 6.17. The van der Waals surface area contributed by atoms with E-state index < -0.39 is 0 Å². The molecule has 8 nitrogen and oxygen atoms in total. The van der Waals surface area contributed by atoms with E-state index >= 15 is 0 Å². The van der Waals surface area contributed by atoms with Crippen molar-refractivity contribution in [3.8, 4) is 10.6 Å². The van der Waals surface area contributed by atoms with Crippen LogP contribution in [0.5, 0.6) is 0 Å². The Kier molecular flexibility index (Phi) is 6.14. The number of anilines is 5. The molecule has 1 aliphatic rings. The fourth-order valence-corrected chi connectivity index (χ4v) is 4.66. The normalized spacial score (nSPS) is 14.3. The summed E-state index contributed by atoms with van der Waals surface area (Å²) in [5, 5.41) is 7.42. The summed E-state index contributed by atoms with van der Waals surface area (Å²) in [7, 11) is 2.16. The SMILES string of the molecule is Cc1nc(Nc2ccccc2)sc1-c1ccnc(Nc2ccc(N3CCN(C)CC3)cn2)n1. The smallest absolute Gasteiger partial charge is 0.228 e. The molecule has 1 aromatic carbocycles. The van der Waals surface area contributed by atoms with Gasteiger partial charge in [-0.25, -0.2) is 19.9 Å². The number of benzene rings is 1. The van der Waals surface area contributed by atoms with Gasteiger partial charge < -0.3 is 20.4 Å². The van der Waals surface area contributed by atoms with Crippen molar-refractivity contribution in [2.45, 2.75) is 6.92 Å². The number of aromatic nitrogens is 4. The quantitative estimate of drug-likeness (QED) is 0.436. The summed E-state index contributed by atoms with van der Waals surface area (Å²) >= 11 is 1.58. The van der Waals surface area contributed by atoms with Gasteiger partial charge >= 0.3 is 0 Å². The molecule has 33 heavy (non-hydrogen) atoms. The number of aryl methyl sites for hydroxylation is 1. The molecule has 9 heteroatoms. The van der Waals surface area contributed by atoms with Crippen LogP contribution in [0.4, 0.5) is 28.3 Å². The Bertz CT molecular complexity index is 1200. The number of likely N-dealkylation sites (N-methyl/N-ethyl adjacent to an activating group) is 1. The average molecular weight is 459 g/mol. The lowest BCUT2D eigenvalue weighted by Gasteiger charge is -2.33. The summed E-state index contributed by atoms with van der Waals surface area (Å²) in [5.74, 6) is 1.23. The molecule has 2 N–H and O–H groups in total. The first kappa shape index (κ1) is 21.3. The van der Waals surface area contributed by atoms with Crippen LogP contribution in [0.3, 0.4) is 0 Å². The van der Waals surface area contributed by atoms with Crippen molar-refractivity contribution in [2.75, 3.05) is 48.8 Å². The molecule has 4 aromatic rings. The minimum atomic E-state index is 0.512. The van der Waals surface area contributed by atoms with E-state index in [0.717, 1.165) is 64.8 Å². The predicted molar refractivity (Wildman–Crippen MR) is 135 cm³/mol. The first-order chi connectivity index (χ1) is 16.1. The van der Waals surface area contributed by atoms with Crippen molar-refractivity contribution in [3.63, 3.8) is 0 Å². The topological polar surface area (TPSA) is 82.1 Å². The van der Waals surface area contributed by atoms with Crippen molar-refractivity contribution < 1.29 is 0 Å². The minimum Gasteiger partial charge on any atom is -0.368 e. The van der Waals surface area contributed by atoms with Crippen LogP contribution in [0.1, 0.15) is 5.69 Å². The number of rotatable bonds is 6. The molecule has 0 saturated carbocycles. The third-order valence-corrected chi connectivity index (χ3v) is 6.66. The van der Waals surface area contributed by atoms with Crippen LogP contribution < -0.4 is 15.5 Å². The molecule has 0 spiro atoms. The zero-order valence-electron chi connectivity index (χ0n) is 18.7. The monoisotopic (exact) mass is 458 g/mol. The molecule has 0 amide bonds. The molecule has 3 aromatic heterocycles. The van der Waals surface area contributed by atoms with Gasteiger partial charge in [0.2, 0.25) is 5.95 Å². The second kappa shape index (κ2) is 9.51. The molecule has 5 rings (SSSR count). The van der Waals surface area contributed by atoms with Crippen molar-refractivity contribution in [1.82, 2.24) is 24.8 Å². The molecule has 168 valence electrons. The highest BCUT2D eigenvalue weighted by Crippen LogP contribution is 2.33. The number of nitrogens with one attached hydrogen (secondary N) is 2. The summed E-state index contributed by atoms with van der Waals surface area (Å²) in [6, 6.07) is 16.0. The van der Waals surface area contributed by atoms with Crippen LogP contribution in [-0.4, -0.2) is 58.1 Å². The van der Waals surface area contributed by atoms with Gasteiger partial charge in [0.15, 0.2) is 5.13 Å². The van der Waals surface area contributed by atoms with Crippen molar-refractivity contribution in [2.24, 2.45) is 0 Å². The second-order valence-corrected chi connectivity index (χ2v) is 9.01. The Balaban J connectivity index is 1.29. The number of para-hydroxylation sites is 1. The van der Waals surface area contributed by atoms with E-state index in [1.807, 2.05) is 55.6 Å². The molecule has 4 heterocycles. The Morgan fingerprint density at radius 3 is 2.45 bits per heavy atom. The van der Waals surface area contributed by atoms with Crippen LogP contribution in [0, 0.1) is 6.92 Å². The predicted octanol–water partition coefficient (Wildman–Crippen LogP) is 4.54. The molecule has 1 aliphatic heterocycles. The largest absolute Gasteiger partial charge is 0.368 e. The van der Waals surface area contributed by atoms with Crippen LogP contribution in [0.15, 0.2) is 60.9 Å². The number of nitrogens with zero attached hydrogens (tertiary/aromatic N) is 6. The second-order valence-electron chi connectivity index (χ2n) is 8.01. The first-order valence-electron chi connectivity index (χ1n) is 10.9. The lowest BCUT2D eigenvalue weighted by atomic mass is 10.3. The number of hydrogen-bond acceptors (Lipinski definition) is 9. The summed E-state index contributed by atoms with van der Waals surface area (Å²) in [4.78, 5) is 24.0. The number of pyridine rings is 1. The van der Waals surface area contributed by atoms with Crippen LogP contribution in [0.25, 0.3) is 10.6 Å². The van der Waals surface area contributed by atoms with Gasteiger partial charge in [-0.05, 0) is 44.3 Å². The van der Waals surface area contributed by atoms with Crippen LogP contribution in [-0.2, 0) is 0 Å². The molecular formula is C24H26N8S. The molecule has 1 saturated heterocycles. The summed E-state index contributed by atoms with van der Waals surface area (Å²) < 4.78 is 0. The highest BCUT2D eigenvalue weighted by atomic mass is 32.1. The van der Waals surface area contributed by atoms with Gasteiger partial charge in [0.1, 0.15) is 5.82 Å². The average Bonchev–Trinajstić information content (AvgIpc) is 3.21. The lowest BCUT2D eigenvalue weighted by molar-refractivity contribution is 0.313. The van der Waals surface area contributed by atoms with Crippen molar-refractivity contribution >= 4 is 39.6 Å². The zero-order chi connectivity index (χ0) is 22.6. The first-order valence-corrected chi connectivity index (χ1v) is 11.8. The van der Waals surface area contributed by atoms with E-state index in [0.29, 0.717) is 5.95 Å². The maximum atomic E-state index is 4.70. The van der Waals surface area contributed by atoms with E-state index in [1.165, 1.54) is 0 Å². The minimum absolute atomic E-state index is 0.512. The van der Waals surface area contributed by atoms with Gasteiger partial charge in [0.25, 0.3) is 0 Å².